The molecule has 0 bridgehead atoms. The highest BCUT2D eigenvalue weighted by Gasteiger charge is 2.31. The van der Waals surface area contributed by atoms with Gasteiger partial charge < -0.3 is 10.6 Å². The van der Waals surface area contributed by atoms with Gasteiger partial charge in [0.1, 0.15) is 0 Å². The zero-order chi connectivity index (χ0) is 14.2. The molecule has 0 fully saturated rings. The van der Waals surface area contributed by atoms with Crippen molar-refractivity contribution >= 4 is 5.96 Å². The number of aliphatic imine (C=N–C) groups is 1. The van der Waals surface area contributed by atoms with Crippen molar-refractivity contribution in [1.29, 1.82) is 0 Å². The second-order valence-corrected chi connectivity index (χ2v) is 5.67. The van der Waals surface area contributed by atoms with E-state index in [0.717, 1.165) is 13.0 Å². The number of benzene rings is 1. The van der Waals surface area contributed by atoms with Crippen molar-refractivity contribution in [2.24, 2.45) is 10.7 Å². The molecule has 2 N–H and O–H groups in total. The van der Waals surface area contributed by atoms with Crippen LogP contribution in [-0.4, -0.2) is 23.4 Å². The van der Waals surface area contributed by atoms with Crippen molar-refractivity contribution < 1.29 is 0 Å². The summed E-state index contributed by atoms with van der Waals surface area (Å²) in [5.74, 6) is 0.692. The molecule has 19 heavy (non-hydrogen) atoms. The molecule has 2 rings (SSSR count). The van der Waals surface area contributed by atoms with Crippen LogP contribution < -0.4 is 5.73 Å². The second-order valence-electron chi connectivity index (χ2n) is 5.67. The van der Waals surface area contributed by atoms with E-state index in [1.807, 2.05) is 0 Å². The highest BCUT2D eigenvalue weighted by Crippen LogP contribution is 2.31. The summed E-state index contributed by atoms with van der Waals surface area (Å²) in [4.78, 5) is 6.73. The second kappa shape index (κ2) is 5.24. The molecule has 0 amide bonds. The van der Waals surface area contributed by atoms with Crippen LogP contribution in [0, 0.1) is 20.8 Å². The van der Waals surface area contributed by atoms with Gasteiger partial charge >= 0.3 is 0 Å². The Kier molecular flexibility index (Phi) is 3.83. The van der Waals surface area contributed by atoms with Gasteiger partial charge in [0.15, 0.2) is 5.96 Å². The van der Waals surface area contributed by atoms with Crippen LogP contribution in [0.25, 0.3) is 0 Å². The summed E-state index contributed by atoms with van der Waals surface area (Å²) in [5.41, 5.74) is 11.5. The van der Waals surface area contributed by atoms with Crippen LogP contribution in [0.3, 0.4) is 0 Å². The van der Waals surface area contributed by atoms with Gasteiger partial charge in [0.25, 0.3) is 0 Å². The van der Waals surface area contributed by atoms with Crippen LogP contribution in [0.4, 0.5) is 0 Å². The highest BCUT2D eigenvalue weighted by molar-refractivity contribution is 5.80. The minimum atomic E-state index is 0.300. The molecule has 2 unspecified atom stereocenters. The summed E-state index contributed by atoms with van der Waals surface area (Å²) in [5, 5.41) is 0. The van der Waals surface area contributed by atoms with E-state index in [4.69, 9.17) is 5.73 Å². The van der Waals surface area contributed by atoms with E-state index < -0.39 is 0 Å². The summed E-state index contributed by atoms with van der Waals surface area (Å²) in [6.45, 7) is 11.7. The van der Waals surface area contributed by atoms with Gasteiger partial charge in [-0.15, -0.1) is 0 Å². The van der Waals surface area contributed by atoms with E-state index in [2.05, 4.69) is 56.6 Å². The smallest absolute Gasteiger partial charge is 0.192 e. The summed E-state index contributed by atoms with van der Waals surface area (Å²) in [7, 11) is 0. The van der Waals surface area contributed by atoms with Gasteiger partial charge in [0, 0.05) is 6.04 Å². The Morgan fingerprint density at radius 1 is 1.26 bits per heavy atom. The molecule has 1 aromatic carbocycles. The van der Waals surface area contributed by atoms with Crippen molar-refractivity contribution in [3.63, 3.8) is 0 Å². The largest absolute Gasteiger partial charge is 0.370 e. The van der Waals surface area contributed by atoms with Crippen LogP contribution in [0.15, 0.2) is 17.1 Å². The van der Waals surface area contributed by atoms with Crippen LogP contribution in [0.5, 0.6) is 0 Å². The normalized spacial score (nSPS) is 20.6. The quantitative estimate of drug-likeness (QED) is 0.906. The predicted molar refractivity (Wildman–Crippen MR) is 81.5 cm³/mol. The molecule has 0 saturated heterocycles. The van der Waals surface area contributed by atoms with Gasteiger partial charge in [0.2, 0.25) is 0 Å². The average Bonchev–Trinajstić information content (AvgIpc) is 2.74. The predicted octanol–water partition coefficient (Wildman–Crippen LogP) is 3.08. The Balaban J connectivity index is 2.39. The maximum absolute atomic E-state index is 6.08. The molecule has 1 aliphatic heterocycles. The number of nitrogens with zero attached hydrogens (tertiary/aromatic N) is 2. The van der Waals surface area contributed by atoms with E-state index in [1.165, 1.54) is 22.3 Å². The van der Waals surface area contributed by atoms with Gasteiger partial charge in [-0.2, -0.15) is 0 Å². The molecule has 1 heterocycles. The SMILES string of the molecule is CCC(C)N1C(N)=NCC1c1cc(C)c(C)cc1C. The number of nitrogens with two attached hydrogens (primary N) is 1. The minimum Gasteiger partial charge on any atom is -0.370 e. The molecule has 0 aromatic heterocycles. The lowest BCUT2D eigenvalue weighted by atomic mass is 9.94. The molecule has 3 nitrogen and oxygen atoms in total. The monoisotopic (exact) mass is 259 g/mol. The molecular formula is C16H25N3. The first kappa shape index (κ1) is 13.9. The van der Waals surface area contributed by atoms with E-state index in [1.54, 1.807) is 0 Å². The summed E-state index contributed by atoms with van der Waals surface area (Å²) < 4.78 is 0. The van der Waals surface area contributed by atoms with Crippen molar-refractivity contribution in [3.8, 4) is 0 Å². The Morgan fingerprint density at radius 3 is 2.53 bits per heavy atom. The van der Waals surface area contributed by atoms with Crippen LogP contribution in [0.2, 0.25) is 0 Å². The highest BCUT2D eigenvalue weighted by atomic mass is 15.3. The van der Waals surface area contributed by atoms with E-state index in [-0.39, 0.29) is 0 Å². The summed E-state index contributed by atoms with van der Waals surface area (Å²) in [6, 6.07) is 5.30. The fourth-order valence-electron chi connectivity index (χ4n) is 2.83. The Labute approximate surface area is 116 Å². The third kappa shape index (κ3) is 2.46. The van der Waals surface area contributed by atoms with E-state index >= 15 is 0 Å². The Hall–Kier alpha value is -1.51. The topological polar surface area (TPSA) is 41.6 Å². The Bertz CT molecular complexity index is 505. The van der Waals surface area contributed by atoms with Crippen molar-refractivity contribution in [1.82, 2.24) is 4.90 Å². The zero-order valence-corrected chi connectivity index (χ0v) is 12.7. The molecular weight excluding hydrogens is 234 g/mol. The van der Waals surface area contributed by atoms with Crippen LogP contribution >= 0.6 is 0 Å². The van der Waals surface area contributed by atoms with Crippen LogP contribution in [0.1, 0.15) is 48.6 Å². The molecule has 0 spiro atoms. The molecule has 2 atom stereocenters. The molecule has 0 radical (unpaired) electrons. The standard InChI is InChI=1S/C16H25N3/c1-6-13(5)19-15(9-18-16(19)17)14-8-11(3)10(2)7-12(14)4/h7-8,13,15H,6,9H2,1-5H3,(H2,17,18). The first-order valence-corrected chi connectivity index (χ1v) is 7.11. The number of hydrogen-bond donors (Lipinski definition) is 1. The summed E-state index contributed by atoms with van der Waals surface area (Å²) in [6.07, 6.45) is 1.08. The van der Waals surface area contributed by atoms with Gasteiger partial charge in [0.05, 0.1) is 12.6 Å². The fraction of sp³-hybridized carbons (Fsp3) is 0.562. The van der Waals surface area contributed by atoms with E-state index in [9.17, 15) is 0 Å². The first-order valence-electron chi connectivity index (χ1n) is 7.11. The number of hydrogen-bond acceptors (Lipinski definition) is 3. The molecule has 3 heteroatoms. The minimum absolute atomic E-state index is 0.300. The third-order valence-corrected chi connectivity index (χ3v) is 4.33. The zero-order valence-electron chi connectivity index (χ0n) is 12.7. The lowest BCUT2D eigenvalue weighted by molar-refractivity contribution is 0.268. The van der Waals surface area contributed by atoms with Gasteiger partial charge in [-0.3, -0.25) is 4.99 Å². The maximum atomic E-state index is 6.08. The summed E-state index contributed by atoms with van der Waals surface area (Å²) >= 11 is 0. The van der Waals surface area contributed by atoms with E-state index in [0.29, 0.717) is 18.0 Å². The number of rotatable bonds is 3. The molecule has 1 aliphatic rings. The lowest BCUT2D eigenvalue weighted by Crippen LogP contribution is -2.42. The molecule has 1 aromatic rings. The molecule has 104 valence electrons. The van der Waals surface area contributed by atoms with Gasteiger partial charge in [-0.25, -0.2) is 0 Å². The lowest BCUT2D eigenvalue weighted by Gasteiger charge is -2.33. The molecule has 0 saturated carbocycles. The molecule has 0 aliphatic carbocycles. The average molecular weight is 259 g/mol. The van der Waals surface area contributed by atoms with Gasteiger partial charge in [-0.05, 0) is 56.4 Å². The Morgan fingerprint density at radius 2 is 1.89 bits per heavy atom. The first-order chi connectivity index (χ1) is 8.95. The van der Waals surface area contributed by atoms with Gasteiger partial charge in [-0.1, -0.05) is 19.1 Å². The number of aryl methyl sites for hydroxylation is 3. The third-order valence-electron chi connectivity index (χ3n) is 4.33. The number of guanidine groups is 1. The fourth-order valence-corrected chi connectivity index (χ4v) is 2.83. The van der Waals surface area contributed by atoms with Crippen molar-refractivity contribution in [2.45, 2.75) is 53.1 Å². The van der Waals surface area contributed by atoms with Crippen molar-refractivity contribution in [2.75, 3.05) is 6.54 Å². The maximum Gasteiger partial charge on any atom is 0.192 e. The van der Waals surface area contributed by atoms with Crippen molar-refractivity contribution in [3.05, 3.63) is 34.4 Å². The van der Waals surface area contributed by atoms with Crippen LogP contribution in [-0.2, 0) is 0 Å².